The van der Waals surface area contributed by atoms with Crippen molar-refractivity contribution >= 4 is 11.6 Å². The first-order chi connectivity index (χ1) is 13.0. The number of ketones is 2. The van der Waals surface area contributed by atoms with E-state index < -0.39 is 52.4 Å². The number of Topliss-reactive ketones (excluding diaryl/α,β-unsaturated/α-hetero) is 1. The van der Waals surface area contributed by atoms with E-state index in [0.717, 1.165) is 0 Å². The van der Waals surface area contributed by atoms with Crippen LogP contribution in [0.15, 0.2) is 23.8 Å². The Balaban J connectivity index is 1.84. The SMILES string of the molecule is C[C@H]1C[C@H]2[C@@H]3CCC4=CC(=O)C=C[C@]4(C)[C@@]3(F)[C@@H](O)C[C@]2(C)C1(O)C(=O)CO. The fourth-order valence-electron chi connectivity index (χ4n) is 7.26. The normalized spacial score (nSPS) is 52.5. The highest BCUT2D eigenvalue weighted by Crippen LogP contribution is 2.70. The third-order valence-corrected chi connectivity index (χ3v) is 8.79. The van der Waals surface area contributed by atoms with Gasteiger partial charge in [0, 0.05) is 16.7 Å². The van der Waals surface area contributed by atoms with E-state index in [2.05, 4.69) is 0 Å². The number of aliphatic hydroxyl groups is 3. The predicted molar refractivity (Wildman–Crippen MR) is 99.9 cm³/mol. The van der Waals surface area contributed by atoms with Crippen molar-refractivity contribution in [2.75, 3.05) is 6.61 Å². The molecule has 0 radical (unpaired) electrons. The predicted octanol–water partition coefficient (Wildman–Crippen LogP) is 1.90. The summed E-state index contributed by atoms with van der Waals surface area (Å²) in [6, 6.07) is 0. The van der Waals surface area contributed by atoms with E-state index in [0.29, 0.717) is 24.8 Å². The molecule has 1 unspecified atom stereocenters. The zero-order valence-corrected chi connectivity index (χ0v) is 16.6. The topological polar surface area (TPSA) is 94.8 Å². The van der Waals surface area contributed by atoms with Crippen molar-refractivity contribution < 1.29 is 29.3 Å². The number of fused-ring (bicyclic) bond motifs is 5. The van der Waals surface area contributed by atoms with Gasteiger partial charge in [-0.1, -0.05) is 25.5 Å². The van der Waals surface area contributed by atoms with Crippen LogP contribution in [-0.2, 0) is 9.59 Å². The standard InChI is InChI=1S/C22H29FO5/c1-12-8-16-15-5-4-13-9-14(25)6-7-19(13,2)21(15,23)17(26)10-20(16,3)22(12,28)18(27)11-24/h6-7,9,12,15-17,24,26,28H,4-5,8,10-11H2,1-3H3/t12-,15-,16-,17-,19-,20-,21-,22?/m0/s1. The monoisotopic (exact) mass is 392 g/mol. The number of alkyl halides is 1. The maximum absolute atomic E-state index is 16.9. The van der Waals surface area contributed by atoms with Crippen LogP contribution in [0.1, 0.15) is 46.5 Å². The first-order valence-corrected chi connectivity index (χ1v) is 10.1. The van der Waals surface area contributed by atoms with Crippen molar-refractivity contribution in [3.63, 3.8) is 0 Å². The molecule has 8 atom stereocenters. The van der Waals surface area contributed by atoms with Crippen molar-refractivity contribution in [2.24, 2.45) is 28.6 Å². The first kappa shape index (κ1) is 19.9. The molecule has 3 fully saturated rings. The van der Waals surface area contributed by atoms with E-state index >= 15 is 4.39 Å². The molecule has 0 aromatic rings. The number of hydrogen-bond donors (Lipinski definition) is 3. The molecule has 4 rings (SSSR count). The maximum Gasteiger partial charge on any atom is 0.190 e. The molecule has 4 aliphatic rings. The highest BCUT2D eigenvalue weighted by molar-refractivity contribution is 6.01. The van der Waals surface area contributed by atoms with Crippen molar-refractivity contribution in [3.8, 4) is 0 Å². The molecule has 3 saturated carbocycles. The van der Waals surface area contributed by atoms with Crippen LogP contribution in [0, 0.1) is 28.6 Å². The van der Waals surface area contributed by atoms with Gasteiger partial charge in [0.15, 0.2) is 17.2 Å². The lowest BCUT2D eigenvalue weighted by Gasteiger charge is -2.62. The first-order valence-electron chi connectivity index (χ1n) is 10.1. The minimum atomic E-state index is -1.98. The summed E-state index contributed by atoms with van der Waals surface area (Å²) >= 11 is 0. The Labute approximate surface area is 164 Å². The highest BCUT2D eigenvalue weighted by atomic mass is 19.1. The van der Waals surface area contributed by atoms with Crippen molar-refractivity contribution in [1.82, 2.24) is 0 Å². The molecule has 0 aromatic heterocycles. The van der Waals surface area contributed by atoms with E-state index in [1.807, 2.05) is 0 Å². The van der Waals surface area contributed by atoms with E-state index in [-0.39, 0.29) is 18.1 Å². The van der Waals surface area contributed by atoms with Crippen molar-refractivity contribution in [1.29, 1.82) is 0 Å². The van der Waals surface area contributed by atoms with Crippen LogP contribution in [0.3, 0.4) is 0 Å². The second-order valence-electron chi connectivity index (χ2n) is 9.75. The quantitative estimate of drug-likeness (QED) is 0.667. The lowest BCUT2D eigenvalue weighted by atomic mass is 9.44. The molecule has 28 heavy (non-hydrogen) atoms. The molecule has 0 heterocycles. The van der Waals surface area contributed by atoms with Crippen LogP contribution in [0.5, 0.6) is 0 Å². The molecule has 0 bridgehead atoms. The van der Waals surface area contributed by atoms with Crippen molar-refractivity contribution in [3.05, 3.63) is 23.8 Å². The fraction of sp³-hybridized carbons (Fsp3) is 0.727. The number of halogens is 1. The number of carbonyl (C=O) groups excluding carboxylic acids is 2. The van der Waals surface area contributed by atoms with E-state index in [9.17, 15) is 24.9 Å². The summed E-state index contributed by atoms with van der Waals surface area (Å²) in [5.41, 5.74) is -5.17. The minimum absolute atomic E-state index is 0.0676. The maximum atomic E-state index is 16.9. The van der Waals surface area contributed by atoms with Gasteiger partial charge in [0.1, 0.15) is 12.2 Å². The summed E-state index contributed by atoms with van der Waals surface area (Å²) in [4.78, 5) is 24.4. The zero-order valence-electron chi connectivity index (χ0n) is 16.6. The van der Waals surface area contributed by atoms with Gasteiger partial charge in [-0.15, -0.1) is 0 Å². The Morgan fingerprint density at radius 3 is 2.64 bits per heavy atom. The number of aliphatic hydroxyl groups excluding tert-OH is 2. The summed E-state index contributed by atoms with van der Waals surface area (Å²) in [6.07, 6.45) is 4.44. The number of hydrogen-bond acceptors (Lipinski definition) is 5. The molecular weight excluding hydrogens is 363 g/mol. The Morgan fingerprint density at radius 1 is 1.32 bits per heavy atom. The molecule has 154 valence electrons. The second kappa shape index (κ2) is 5.83. The third kappa shape index (κ3) is 2.01. The number of rotatable bonds is 2. The molecular formula is C22H29FO5. The summed E-state index contributed by atoms with van der Waals surface area (Å²) in [5, 5.41) is 32.0. The zero-order chi connectivity index (χ0) is 20.7. The molecule has 0 aromatic carbocycles. The van der Waals surface area contributed by atoms with Crippen LogP contribution in [0.25, 0.3) is 0 Å². The Hall–Kier alpha value is -1.37. The Kier molecular flexibility index (Phi) is 4.15. The van der Waals surface area contributed by atoms with E-state index in [1.165, 1.54) is 12.2 Å². The molecule has 0 amide bonds. The lowest BCUT2D eigenvalue weighted by Crippen LogP contribution is -2.69. The summed E-state index contributed by atoms with van der Waals surface area (Å²) in [7, 11) is 0. The smallest absolute Gasteiger partial charge is 0.190 e. The van der Waals surface area contributed by atoms with Gasteiger partial charge in [0.2, 0.25) is 0 Å². The van der Waals surface area contributed by atoms with Crippen molar-refractivity contribution in [2.45, 2.75) is 63.8 Å². The van der Waals surface area contributed by atoms with Gasteiger partial charge in [-0.2, -0.15) is 0 Å². The average Bonchev–Trinajstić information content (AvgIpc) is 2.84. The summed E-state index contributed by atoms with van der Waals surface area (Å²) in [5.74, 6) is -2.12. The van der Waals surface area contributed by atoms with Gasteiger partial charge in [-0.05, 0) is 56.6 Å². The van der Waals surface area contributed by atoms with Gasteiger partial charge in [0.05, 0.1) is 6.10 Å². The van der Waals surface area contributed by atoms with Gasteiger partial charge in [-0.25, -0.2) is 4.39 Å². The third-order valence-electron chi connectivity index (χ3n) is 8.79. The average molecular weight is 392 g/mol. The second-order valence-corrected chi connectivity index (χ2v) is 9.75. The van der Waals surface area contributed by atoms with Crippen LogP contribution < -0.4 is 0 Å². The fourth-order valence-corrected chi connectivity index (χ4v) is 7.26. The lowest BCUT2D eigenvalue weighted by molar-refractivity contribution is -0.219. The minimum Gasteiger partial charge on any atom is -0.390 e. The highest BCUT2D eigenvalue weighted by Gasteiger charge is 2.75. The van der Waals surface area contributed by atoms with Crippen LogP contribution in [0.4, 0.5) is 4.39 Å². The number of carbonyl (C=O) groups is 2. The van der Waals surface area contributed by atoms with Crippen LogP contribution in [0.2, 0.25) is 0 Å². The molecule has 5 nitrogen and oxygen atoms in total. The molecule has 3 N–H and O–H groups in total. The molecule has 0 saturated heterocycles. The van der Waals surface area contributed by atoms with Crippen LogP contribution >= 0.6 is 0 Å². The van der Waals surface area contributed by atoms with Gasteiger partial charge in [-0.3, -0.25) is 9.59 Å². The molecule has 4 aliphatic carbocycles. The summed E-state index contributed by atoms with van der Waals surface area (Å²) < 4.78 is 16.9. The molecule has 0 spiro atoms. The molecule has 6 heteroatoms. The van der Waals surface area contributed by atoms with Gasteiger partial charge < -0.3 is 15.3 Å². The van der Waals surface area contributed by atoms with Crippen LogP contribution in [-0.4, -0.2) is 50.9 Å². The van der Waals surface area contributed by atoms with E-state index in [4.69, 9.17) is 0 Å². The van der Waals surface area contributed by atoms with Gasteiger partial charge >= 0.3 is 0 Å². The van der Waals surface area contributed by atoms with E-state index in [1.54, 1.807) is 26.8 Å². The largest absolute Gasteiger partial charge is 0.390 e. The Morgan fingerprint density at radius 2 is 2.00 bits per heavy atom. The number of allylic oxidation sites excluding steroid dienone is 4. The Bertz CT molecular complexity index is 805. The van der Waals surface area contributed by atoms with Gasteiger partial charge in [0.25, 0.3) is 0 Å². The molecule has 0 aliphatic heterocycles. The summed E-state index contributed by atoms with van der Waals surface area (Å²) in [6.45, 7) is 4.48.